The molecule has 1 saturated heterocycles. The van der Waals surface area contributed by atoms with Gasteiger partial charge in [0.05, 0.1) is 6.54 Å². The third-order valence-corrected chi connectivity index (χ3v) is 5.02. The van der Waals surface area contributed by atoms with Gasteiger partial charge in [0, 0.05) is 44.9 Å². The van der Waals surface area contributed by atoms with Crippen molar-refractivity contribution < 1.29 is 9.59 Å². The lowest BCUT2D eigenvalue weighted by molar-refractivity contribution is -0.145. The maximum absolute atomic E-state index is 12.3. The number of aromatic nitrogens is 5. The number of piperidine rings is 1. The Balaban J connectivity index is 1.72. The number of amides is 1. The minimum absolute atomic E-state index is 0.109. The Hall–Kier alpha value is -2.51. The van der Waals surface area contributed by atoms with Gasteiger partial charge in [-0.05, 0) is 26.2 Å². The molecular weight excluding hydrogens is 332 g/mol. The number of hydrogen-bond donors (Lipinski definition) is 0. The van der Waals surface area contributed by atoms with Crippen LogP contribution in [0.1, 0.15) is 56.0 Å². The lowest BCUT2D eigenvalue weighted by Crippen LogP contribution is -2.43. The third kappa shape index (κ3) is 3.68. The minimum Gasteiger partial charge on any atom is -0.335 e. The van der Waals surface area contributed by atoms with Crippen LogP contribution >= 0.6 is 0 Å². The van der Waals surface area contributed by atoms with E-state index in [0.29, 0.717) is 32.5 Å². The first-order valence-corrected chi connectivity index (χ1v) is 9.19. The summed E-state index contributed by atoms with van der Waals surface area (Å²) in [5, 5.41) is 8.72. The maximum Gasteiger partial charge on any atom is 0.289 e. The van der Waals surface area contributed by atoms with Gasteiger partial charge < -0.3 is 14.0 Å². The van der Waals surface area contributed by atoms with Crippen molar-refractivity contribution in [1.82, 2.24) is 29.2 Å². The molecule has 0 radical (unpaired) electrons. The van der Waals surface area contributed by atoms with E-state index in [-0.39, 0.29) is 17.6 Å². The van der Waals surface area contributed by atoms with Crippen molar-refractivity contribution in [2.24, 2.45) is 7.05 Å². The van der Waals surface area contributed by atoms with E-state index >= 15 is 0 Å². The largest absolute Gasteiger partial charge is 0.335 e. The number of nitrogens with zero attached hydrogens (tertiary/aromatic N) is 6. The Morgan fingerprint density at radius 2 is 2.12 bits per heavy atom. The second kappa shape index (κ2) is 7.80. The molecule has 1 fully saturated rings. The van der Waals surface area contributed by atoms with Crippen LogP contribution in [0.15, 0.2) is 12.4 Å². The molecule has 0 unspecified atom stereocenters. The quantitative estimate of drug-likeness (QED) is 0.730. The molecule has 1 aliphatic heterocycles. The Morgan fingerprint density at radius 3 is 2.81 bits per heavy atom. The number of likely N-dealkylation sites (tertiary alicyclic amines) is 1. The van der Waals surface area contributed by atoms with E-state index in [2.05, 4.69) is 15.2 Å². The highest BCUT2D eigenvalue weighted by atomic mass is 16.2. The number of Topliss-reactive ketones (excluding diaryl/α,β-unsaturated/α-hetero) is 1. The van der Waals surface area contributed by atoms with Crippen molar-refractivity contribution in [3.63, 3.8) is 0 Å². The van der Waals surface area contributed by atoms with Gasteiger partial charge in [-0.15, -0.1) is 10.2 Å². The van der Waals surface area contributed by atoms with Crippen LogP contribution in [-0.2, 0) is 23.2 Å². The number of rotatable bonds is 6. The molecule has 2 aromatic rings. The lowest BCUT2D eigenvalue weighted by atomic mass is 9.96. The summed E-state index contributed by atoms with van der Waals surface area (Å²) in [5.41, 5.74) is 0. The fourth-order valence-electron chi connectivity index (χ4n) is 3.47. The lowest BCUT2D eigenvalue weighted by Gasteiger charge is -2.31. The first kappa shape index (κ1) is 18.3. The van der Waals surface area contributed by atoms with Crippen molar-refractivity contribution in [2.75, 3.05) is 13.1 Å². The van der Waals surface area contributed by atoms with Crippen LogP contribution in [0.3, 0.4) is 0 Å². The predicted octanol–water partition coefficient (Wildman–Crippen LogP) is 1.44. The molecule has 0 aromatic carbocycles. The molecule has 8 nitrogen and oxygen atoms in total. The van der Waals surface area contributed by atoms with E-state index < -0.39 is 0 Å². The monoisotopic (exact) mass is 358 g/mol. The third-order valence-electron chi connectivity index (χ3n) is 5.02. The van der Waals surface area contributed by atoms with Crippen molar-refractivity contribution in [3.8, 4) is 0 Å². The average molecular weight is 358 g/mol. The molecule has 0 N–H and O–H groups in total. The topological polar surface area (TPSA) is 85.9 Å². The molecule has 3 heterocycles. The molecule has 26 heavy (non-hydrogen) atoms. The number of carbonyl (C=O) groups is 2. The van der Waals surface area contributed by atoms with Gasteiger partial charge in [0.15, 0.2) is 5.82 Å². The standard InChI is InChI=1S/C18H26N6O2/c1-4-6-15(25)18(26)24-9-5-7-14(11-24)17-21-20-16(22(17)3)12-23-10-8-19-13(23)2/h8,10,14H,4-7,9,11-12H2,1-3H3/t14-/m1/s1. The summed E-state index contributed by atoms with van der Waals surface area (Å²) < 4.78 is 4.03. The molecule has 0 saturated carbocycles. The number of imidazole rings is 1. The van der Waals surface area contributed by atoms with Crippen molar-refractivity contribution >= 4 is 11.7 Å². The first-order chi connectivity index (χ1) is 12.5. The number of hydrogen-bond acceptors (Lipinski definition) is 5. The zero-order valence-corrected chi connectivity index (χ0v) is 15.7. The Bertz CT molecular complexity index is 793. The summed E-state index contributed by atoms with van der Waals surface area (Å²) >= 11 is 0. The fourth-order valence-corrected chi connectivity index (χ4v) is 3.47. The van der Waals surface area contributed by atoms with Gasteiger partial charge in [-0.3, -0.25) is 9.59 Å². The summed E-state index contributed by atoms with van der Waals surface area (Å²) in [4.78, 5) is 30.2. The van der Waals surface area contributed by atoms with Crippen LogP contribution in [0.4, 0.5) is 0 Å². The molecule has 0 spiro atoms. The highest BCUT2D eigenvalue weighted by Gasteiger charge is 2.30. The number of aryl methyl sites for hydroxylation is 1. The van der Waals surface area contributed by atoms with Crippen molar-refractivity contribution in [1.29, 1.82) is 0 Å². The Kier molecular flexibility index (Phi) is 5.49. The average Bonchev–Trinajstić information content (AvgIpc) is 3.21. The highest BCUT2D eigenvalue weighted by molar-refractivity contribution is 6.36. The van der Waals surface area contributed by atoms with Crippen LogP contribution in [-0.4, -0.2) is 54.0 Å². The smallest absolute Gasteiger partial charge is 0.289 e. The summed E-state index contributed by atoms with van der Waals surface area (Å²) in [6.07, 6.45) is 6.52. The SMILES string of the molecule is CCCC(=O)C(=O)N1CCC[C@@H](c2nnc(Cn3ccnc3C)n2C)C1. The number of ketones is 1. The van der Waals surface area contributed by atoms with E-state index in [1.54, 1.807) is 11.1 Å². The van der Waals surface area contributed by atoms with Gasteiger partial charge >= 0.3 is 0 Å². The molecule has 1 amide bonds. The van der Waals surface area contributed by atoms with Gasteiger partial charge in [-0.25, -0.2) is 4.98 Å². The van der Waals surface area contributed by atoms with E-state index in [1.165, 1.54) is 0 Å². The molecule has 0 aliphatic carbocycles. The number of carbonyl (C=O) groups excluding carboxylic acids is 2. The van der Waals surface area contributed by atoms with Crippen LogP contribution in [0.5, 0.6) is 0 Å². The van der Waals surface area contributed by atoms with Gasteiger partial charge in [0.1, 0.15) is 11.6 Å². The van der Waals surface area contributed by atoms with E-state index in [4.69, 9.17) is 0 Å². The molecule has 3 rings (SSSR count). The summed E-state index contributed by atoms with van der Waals surface area (Å²) in [5.74, 6) is 2.12. The second-order valence-electron chi connectivity index (χ2n) is 6.90. The molecule has 1 atom stereocenters. The van der Waals surface area contributed by atoms with Gasteiger partial charge in [-0.2, -0.15) is 0 Å². The van der Waals surface area contributed by atoms with Crippen LogP contribution in [0.25, 0.3) is 0 Å². The Labute approximate surface area is 153 Å². The zero-order valence-electron chi connectivity index (χ0n) is 15.7. The predicted molar refractivity (Wildman–Crippen MR) is 95.5 cm³/mol. The van der Waals surface area contributed by atoms with E-state index in [0.717, 1.165) is 30.3 Å². The molecule has 2 aromatic heterocycles. The molecule has 140 valence electrons. The van der Waals surface area contributed by atoms with Gasteiger partial charge in [0.25, 0.3) is 5.91 Å². The minimum atomic E-state index is -0.354. The van der Waals surface area contributed by atoms with Gasteiger partial charge in [0.2, 0.25) is 5.78 Å². The normalized spacial score (nSPS) is 17.5. The molecule has 0 bridgehead atoms. The fraction of sp³-hybridized carbons (Fsp3) is 0.611. The molecular formula is C18H26N6O2. The first-order valence-electron chi connectivity index (χ1n) is 9.19. The zero-order chi connectivity index (χ0) is 18.7. The second-order valence-corrected chi connectivity index (χ2v) is 6.90. The highest BCUT2D eigenvalue weighted by Crippen LogP contribution is 2.26. The van der Waals surface area contributed by atoms with Crippen LogP contribution in [0, 0.1) is 6.92 Å². The summed E-state index contributed by atoms with van der Waals surface area (Å²) in [6.45, 7) is 5.65. The van der Waals surface area contributed by atoms with Crippen LogP contribution in [0.2, 0.25) is 0 Å². The molecule has 8 heteroatoms. The molecule has 1 aliphatic rings. The summed E-state index contributed by atoms with van der Waals surface area (Å²) in [6, 6.07) is 0. The van der Waals surface area contributed by atoms with Crippen molar-refractivity contribution in [2.45, 2.75) is 52.0 Å². The van der Waals surface area contributed by atoms with Crippen molar-refractivity contribution in [3.05, 3.63) is 29.9 Å². The Morgan fingerprint density at radius 1 is 1.31 bits per heavy atom. The van der Waals surface area contributed by atoms with E-state index in [9.17, 15) is 9.59 Å². The summed E-state index contributed by atoms with van der Waals surface area (Å²) in [7, 11) is 1.96. The van der Waals surface area contributed by atoms with Crippen LogP contribution < -0.4 is 0 Å². The van der Waals surface area contributed by atoms with Gasteiger partial charge in [-0.1, -0.05) is 6.92 Å². The van der Waals surface area contributed by atoms with E-state index in [1.807, 2.05) is 36.2 Å². The maximum atomic E-state index is 12.3.